The number of nitrogens with one attached hydrogen (secondary N) is 2. The smallest absolute Gasteiger partial charge is 0.336 e. The number of aliphatic hydroxyl groups excluding tert-OH is 5. The summed E-state index contributed by atoms with van der Waals surface area (Å²) < 4.78 is 16.4. The summed E-state index contributed by atoms with van der Waals surface area (Å²) in [6, 6.07) is 14.9. The molecular weight excluding hydrogens is 1060 g/mol. The van der Waals surface area contributed by atoms with Crippen molar-refractivity contribution in [3.8, 4) is 0 Å². The number of H-pyrrole nitrogens is 1. The van der Waals surface area contributed by atoms with Crippen LogP contribution in [0.4, 0.5) is 0 Å². The van der Waals surface area contributed by atoms with Gasteiger partial charge in [0.25, 0.3) is 0 Å². The number of carbonyl (C=O) groups excluding carboxylic acids is 4. The number of nitrogens with two attached hydrogens (primary N) is 1. The highest BCUT2D eigenvalue weighted by molar-refractivity contribution is 6.01. The molecule has 17 nitrogen and oxygen atoms in total. The first kappa shape index (κ1) is 65.5. The third-order valence-electron chi connectivity index (χ3n) is 18.4. The normalized spacial score (nSPS) is 28.7. The number of aromatic nitrogens is 1. The van der Waals surface area contributed by atoms with Gasteiger partial charge in [0.05, 0.1) is 67.0 Å². The molecule has 2 amide bonds. The number of benzene rings is 2. The highest BCUT2D eigenvalue weighted by Crippen LogP contribution is 2.52. The molecule has 3 saturated heterocycles. The summed E-state index contributed by atoms with van der Waals surface area (Å²) in [7, 11) is 0. The number of nitrogens with zero attached hydrogens (tertiary/aromatic N) is 1. The molecule has 458 valence electrons. The lowest BCUT2D eigenvalue weighted by Crippen LogP contribution is -2.64. The molecule has 83 heavy (non-hydrogen) atoms. The Hall–Kier alpha value is -5.08. The van der Waals surface area contributed by atoms with Crippen LogP contribution in [0.25, 0.3) is 16.5 Å². The van der Waals surface area contributed by atoms with E-state index in [1.54, 1.807) is 17.9 Å². The first-order valence-electron chi connectivity index (χ1n) is 30.5. The molecule has 3 aromatic rings. The van der Waals surface area contributed by atoms with E-state index >= 15 is 0 Å². The van der Waals surface area contributed by atoms with E-state index in [0.717, 1.165) is 68.0 Å². The Balaban J connectivity index is 0.000000209. The van der Waals surface area contributed by atoms with E-state index in [4.69, 9.17) is 19.9 Å². The number of amides is 2. The minimum atomic E-state index is -1.86. The van der Waals surface area contributed by atoms with E-state index in [-0.39, 0.29) is 49.2 Å². The van der Waals surface area contributed by atoms with Crippen LogP contribution in [0.2, 0.25) is 0 Å². The third-order valence-corrected chi connectivity index (χ3v) is 18.4. The first-order chi connectivity index (χ1) is 39.2. The number of piperidine rings is 1. The number of ether oxygens (including phenoxy) is 3. The number of fused-ring (bicyclic) bond motifs is 6. The zero-order valence-electron chi connectivity index (χ0n) is 49.0. The van der Waals surface area contributed by atoms with Gasteiger partial charge in [-0.25, -0.2) is 4.79 Å². The van der Waals surface area contributed by atoms with Gasteiger partial charge in [-0.05, 0) is 143 Å². The topological polar surface area (TPSA) is 274 Å². The molecule has 0 spiro atoms. The Labute approximate surface area is 491 Å². The number of ketones is 1. The van der Waals surface area contributed by atoms with Crippen LogP contribution in [0, 0.1) is 35.5 Å². The molecule has 10 N–H and O–H groups in total. The number of hydrogen-bond acceptors (Lipinski definition) is 14. The second-order valence-electron chi connectivity index (χ2n) is 24.7. The number of aliphatic hydroxyl groups is 6. The van der Waals surface area contributed by atoms with Crippen LogP contribution in [0.15, 0.2) is 84.3 Å². The van der Waals surface area contributed by atoms with Crippen molar-refractivity contribution >= 4 is 40.0 Å². The fraction of sp³-hybridized carbons (Fsp3) is 0.636. The van der Waals surface area contributed by atoms with Crippen molar-refractivity contribution < 1.29 is 64.0 Å². The largest absolute Gasteiger partial charge is 0.423 e. The lowest BCUT2D eigenvalue weighted by molar-refractivity contribution is -0.281. The van der Waals surface area contributed by atoms with Gasteiger partial charge in [0, 0.05) is 47.8 Å². The molecule has 10 rings (SSSR count). The summed E-state index contributed by atoms with van der Waals surface area (Å²) in [5.41, 5.74) is 10.6. The number of aromatic amines is 1. The van der Waals surface area contributed by atoms with Gasteiger partial charge in [-0.2, -0.15) is 0 Å². The molecule has 5 aliphatic heterocycles. The molecular formula is C66H96N4O13. The molecule has 0 saturated carbocycles. The maximum absolute atomic E-state index is 14.2. The minimum Gasteiger partial charge on any atom is -0.423 e. The molecule has 1 aromatic heterocycles. The van der Waals surface area contributed by atoms with E-state index in [9.17, 15) is 49.8 Å². The van der Waals surface area contributed by atoms with Crippen molar-refractivity contribution in [1.82, 2.24) is 15.2 Å². The third kappa shape index (κ3) is 15.1. The predicted molar refractivity (Wildman–Crippen MR) is 319 cm³/mol. The van der Waals surface area contributed by atoms with Gasteiger partial charge in [0.2, 0.25) is 17.5 Å². The second-order valence-corrected chi connectivity index (χ2v) is 24.7. The van der Waals surface area contributed by atoms with Crippen molar-refractivity contribution in [3.05, 3.63) is 101 Å². The van der Waals surface area contributed by atoms with Crippen LogP contribution in [-0.4, -0.2) is 137 Å². The van der Waals surface area contributed by atoms with Crippen LogP contribution < -0.4 is 11.1 Å². The van der Waals surface area contributed by atoms with Gasteiger partial charge in [0.15, 0.2) is 11.6 Å². The second kappa shape index (κ2) is 28.9. The predicted octanol–water partition coefficient (Wildman–Crippen LogP) is 7.86. The molecule has 2 aliphatic carbocycles. The monoisotopic (exact) mass is 1150 g/mol. The van der Waals surface area contributed by atoms with Crippen LogP contribution in [0.1, 0.15) is 162 Å². The van der Waals surface area contributed by atoms with Gasteiger partial charge in [-0.3, -0.25) is 14.4 Å². The van der Waals surface area contributed by atoms with Crippen LogP contribution in [0.3, 0.4) is 0 Å². The number of allylic oxidation sites excluding steroid dienone is 1. The number of carbonyl (C=O) groups is 4. The number of unbranched alkanes of at least 4 members (excludes halogenated alkanes) is 2. The van der Waals surface area contributed by atoms with Gasteiger partial charge in [0.1, 0.15) is 5.76 Å². The number of Topliss-reactive ketones (excluding diaryl/α,β-unsaturated/α-hetero) is 1. The van der Waals surface area contributed by atoms with Crippen molar-refractivity contribution in [2.24, 2.45) is 41.2 Å². The molecule has 2 aromatic carbocycles. The van der Waals surface area contributed by atoms with Gasteiger partial charge < -0.3 is 65.8 Å². The summed E-state index contributed by atoms with van der Waals surface area (Å²) in [4.78, 5) is 57.6. The number of hydrogen-bond donors (Lipinski definition) is 9. The molecule has 17 heteroatoms. The van der Waals surface area contributed by atoms with Crippen molar-refractivity contribution in [2.45, 2.75) is 218 Å². The Morgan fingerprint density at radius 3 is 2.31 bits per heavy atom. The molecule has 0 radical (unpaired) electrons. The molecule has 0 bridgehead atoms. The summed E-state index contributed by atoms with van der Waals surface area (Å²) in [5, 5.41) is 66.9. The van der Waals surface area contributed by atoms with E-state index < -0.39 is 71.6 Å². The van der Waals surface area contributed by atoms with Crippen LogP contribution in [-0.2, 0) is 46.2 Å². The van der Waals surface area contributed by atoms with Crippen LogP contribution >= 0.6 is 0 Å². The zero-order chi connectivity index (χ0) is 59.0. The standard InChI is InChI=1S/C34H35N3O5.C23H49NO5.C8H8O3.CH4/c1-33(36-31(39)21-13-12-20-16-22-18-35-26-10-5-9-23(28(22)26)24(20)17-21)30(38)29-25(15-19-7-3-2-4-8-19)32(40)37-14-6-11-27(37)34(29,41)42-33;1-5-7-10-17(4)23(29)22(28)14-16(3)13-18(25)11-8-9-12-19(26)15-21(27)20(24)6-2;1-5-6-4-8(9)11-7(6)2-3-10-5;/h2-5,7-10,17-18,20-21,25,27,29,35,41H,6,11-16H2,1H3,(H,36,39);16-23,25-29H,5-15,24H2,1-4H3;2,4-5H,3H2,1H3;1H4/t20-,21+,25-,27?,29?,33-,34+;;;/m1.../s1. The molecule has 7 aliphatic rings. The van der Waals surface area contributed by atoms with Crippen molar-refractivity contribution in [3.63, 3.8) is 0 Å². The minimum absolute atomic E-state index is 0. The van der Waals surface area contributed by atoms with Gasteiger partial charge >= 0.3 is 5.97 Å². The maximum Gasteiger partial charge on any atom is 0.336 e. The molecule has 3 fully saturated rings. The fourth-order valence-corrected chi connectivity index (χ4v) is 13.7. The van der Waals surface area contributed by atoms with E-state index in [2.05, 4.69) is 41.6 Å². The quantitative estimate of drug-likeness (QED) is 0.0342. The lowest BCUT2D eigenvalue weighted by Gasteiger charge is -2.46. The first-order valence-corrected chi connectivity index (χ1v) is 30.5. The van der Waals surface area contributed by atoms with Gasteiger partial charge in [-0.1, -0.05) is 109 Å². The van der Waals surface area contributed by atoms with E-state index in [0.29, 0.717) is 82.6 Å². The van der Waals surface area contributed by atoms with E-state index in [1.165, 1.54) is 28.2 Å². The Morgan fingerprint density at radius 1 is 0.892 bits per heavy atom. The Kier molecular flexibility index (Phi) is 22.8. The molecule has 11 unspecified atom stereocenters. The highest BCUT2D eigenvalue weighted by atomic mass is 16.7. The lowest BCUT2D eigenvalue weighted by atomic mass is 9.71. The number of esters is 1. The number of rotatable bonds is 22. The molecule has 16 atom stereocenters. The maximum atomic E-state index is 14.2. The van der Waals surface area contributed by atoms with Crippen molar-refractivity contribution in [1.29, 1.82) is 0 Å². The zero-order valence-corrected chi connectivity index (χ0v) is 49.0. The molecule has 6 heterocycles. The highest BCUT2D eigenvalue weighted by Gasteiger charge is 2.71. The summed E-state index contributed by atoms with van der Waals surface area (Å²) in [6.07, 6.45) is 16.3. The van der Waals surface area contributed by atoms with Crippen LogP contribution in [0.5, 0.6) is 0 Å². The summed E-state index contributed by atoms with van der Waals surface area (Å²) in [5.74, 6) is -4.02. The Morgan fingerprint density at radius 2 is 1.61 bits per heavy atom. The average molecular weight is 1150 g/mol. The SMILES string of the molecule is C.CC1OCC=C2OC(=O)C=C21.CCCCC(C)C(O)C(O)CC(C)CC(O)CCCCC(O)CC(O)C(N)CC.C[C@@]1(NC(=O)[C@@H]2C=C3c4cccc5[nH]cc(c45)C[C@H]3CC2)O[C@]2(O)C(C1=O)[C@@H](Cc1ccccc1)C(=O)N1CCCC12. The fourth-order valence-electron chi connectivity index (χ4n) is 13.7. The van der Waals surface area contributed by atoms with Crippen molar-refractivity contribution in [2.75, 3.05) is 13.2 Å². The Bertz CT molecular complexity index is 2780. The average Bonchev–Trinajstić information content (AvgIpc) is 1.69. The summed E-state index contributed by atoms with van der Waals surface area (Å²) in [6.45, 7) is 12.5. The summed E-state index contributed by atoms with van der Waals surface area (Å²) >= 11 is 0. The van der Waals surface area contributed by atoms with Gasteiger partial charge in [-0.15, -0.1) is 0 Å². The van der Waals surface area contributed by atoms with E-state index in [1.807, 2.05) is 64.1 Å².